The largest absolute Gasteiger partial charge is 0.488 e. The monoisotopic (exact) mass is 462 g/mol. The molecule has 0 saturated carbocycles. The lowest BCUT2D eigenvalue weighted by atomic mass is 10.2. The Morgan fingerprint density at radius 3 is 2.44 bits per heavy atom. The number of nitrogens with zero attached hydrogens (tertiary/aromatic N) is 1. The molecule has 172 valence electrons. The number of benzene rings is 2. The molecule has 0 aromatic heterocycles. The van der Waals surface area contributed by atoms with Gasteiger partial charge in [0.05, 0.1) is 16.9 Å². The van der Waals surface area contributed by atoms with Gasteiger partial charge in [-0.1, -0.05) is 30.3 Å². The van der Waals surface area contributed by atoms with Crippen molar-refractivity contribution in [3.05, 3.63) is 64.2 Å². The molecule has 0 spiro atoms. The molecule has 2 aromatic carbocycles. The number of alkyl carbamates (subject to hydrolysis) is 1. The summed E-state index contributed by atoms with van der Waals surface area (Å²) in [5, 5.41) is 13.7. The first kappa shape index (κ1) is 25.0. The van der Waals surface area contributed by atoms with Crippen LogP contribution in [-0.2, 0) is 20.9 Å². The van der Waals surface area contributed by atoms with Crippen molar-refractivity contribution in [1.82, 2.24) is 5.32 Å². The van der Waals surface area contributed by atoms with Gasteiger partial charge in [0.15, 0.2) is 0 Å². The molecule has 0 aliphatic rings. The molecule has 2 aromatic rings. The van der Waals surface area contributed by atoms with Crippen LogP contribution in [0, 0.1) is 10.1 Å². The van der Waals surface area contributed by atoms with Crippen LogP contribution in [0.15, 0.2) is 53.4 Å². The van der Waals surface area contributed by atoms with Crippen molar-refractivity contribution in [1.29, 1.82) is 0 Å². The summed E-state index contributed by atoms with van der Waals surface area (Å²) in [5.41, 5.74) is 0.0752. The number of hydrogen-bond acceptors (Lipinski definition) is 8. The Morgan fingerprint density at radius 2 is 1.84 bits per heavy atom. The number of non-ortho nitro benzene ring substituents is 1. The van der Waals surface area contributed by atoms with Gasteiger partial charge in [-0.2, -0.15) is 0 Å². The van der Waals surface area contributed by atoms with Gasteiger partial charge in [0, 0.05) is 17.9 Å². The van der Waals surface area contributed by atoms with E-state index in [0.29, 0.717) is 10.6 Å². The van der Waals surface area contributed by atoms with E-state index in [1.807, 2.05) is 30.3 Å². The summed E-state index contributed by atoms with van der Waals surface area (Å²) in [6.45, 7) is 5.37. The highest BCUT2D eigenvalue weighted by Gasteiger charge is 2.26. The van der Waals surface area contributed by atoms with Crippen molar-refractivity contribution in [2.75, 3.05) is 12.9 Å². The number of methoxy groups -OCH3 is 1. The van der Waals surface area contributed by atoms with Gasteiger partial charge in [-0.05, 0) is 32.4 Å². The molecule has 2 rings (SSSR count). The first-order valence-electron chi connectivity index (χ1n) is 9.74. The van der Waals surface area contributed by atoms with Crippen LogP contribution < -0.4 is 10.1 Å². The first-order chi connectivity index (χ1) is 15.1. The standard InChI is InChI=1S/C22H26N2O7S/c1-22(2,3)31-21(26)23-17(20(25)29-4)14-32-19-12-16(24(27)28)10-11-18(19)30-13-15-8-6-5-7-9-15/h5-12,17H,13-14H2,1-4H3,(H,23,26)/t17-/m0/s1. The summed E-state index contributed by atoms with van der Waals surface area (Å²) in [4.78, 5) is 35.4. The van der Waals surface area contributed by atoms with Crippen molar-refractivity contribution >= 4 is 29.5 Å². The predicted octanol–water partition coefficient (Wildman–Crippen LogP) is 4.33. The maximum Gasteiger partial charge on any atom is 0.408 e. The molecule has 0 heterocycles. The zero-order valence-corrected chi connectivity index (χ0v) is 19.1. The molecule has 0 aliphatic heterocycles. The van der Waals surface area contributed by atoms with Crippen LogP contribution in [0.1, 0.15) is 26.3 Å². The summed E-state index contributed by atoms with van der Waals surface area (Å²) in [6.07, 6.45) is -0.770. The van der Waals surface area contributed by atoms with Gasteiger partial charge in [-0.3, -0.25) is 10.1 Å². The molecule has 9 nitrogen and oxygen atoms in total. The highest BCUT2D eigenvalue weighted by atomic mass is 32.2. The minimum absolute atomic E-state index is 0.0504. The van der Waals surface area contributed by atoms with Gasteiger partial charge < -0.3 is 19.5 Å². The molecule has 1 atom stereocenters. The number of thioether (sulfide) groups is 1. The molecule has 0 unspecified atom stereocenters. The van der Waals surface area contributed by atoms with Crippen LogP contribution in [0.5, 0.6) is 5.75 Å². The molecule has 0 aliphatic carbocycles. The zero-order valence-electron chi connectivity index (χ0n) is 18.3. The molecule has 0 saturated heterocycles. The van der Waals surface area contributed by atoms with E-state index in [2.05, 4.69) is 5.32 Å². The number of rotatable bonds is 9. The number of carbonyl (C=O) groups excluding carboxylic acids is 2. The van der Waals surface area contributed by atoms with Gasteiger partial charge in [0.2, 0.25) is 0 Å². The molecule has 1 amide bonds. The summed E-state index contributed by atoms with van der Waals surface area (Å²) in [5.74, 6) is -0.194. The van der Waals surface area contributed by atoms with E-state index in [-0.39, 0.29) is 18.0 Å². The van der Waals surface area contributed by atoms with Crippen molar-refractivity contribution in [2.24, 2.45) is 0 Å². The van der Waals surface area contributed by atoms with Crippen LogP contribution in [0.25, 0.3) is 0 Å². The molecular formula is C22H26N2O7S. The Bertz CT molecular complexity index is 945. The smallest absolute Gasteiger partial charge is 0.408 e. The van der Waals surface area contributed by atoms with E-state index in [1.165, 1.54) is 25.3 Å². The normalized spacial score (nSPS) is 11.9. The number of nitrogens with one attached hydrogen (secondary N) is 1. The van der Waals surface area contributed by atoms with Crippen LogP contribution in [0.2, 0.25) is 0 Å². The maximum absolute atomic E-state index is 12.2. The van der Waals surface area contributed by atoms with Gasteiger partial charge in [-0.25, -0.2) is 9.59 Å². The second-order valence-electron chi connectivity index (χ2n) is 7.70. The number of carbonyl (C=O) groups is 2. The third-order valence-electron chi connectivity index (χ3n) is 3.96. The highest BCUT2D eigenvalue weighted by molar-refractivity contribution is 7.99. The van der Waals surface area contributed by atoms with Crippen molar-refractivity contribution < 1.29 is 28.7 Å². The average Bonchev–Trinajstić information content (AvgIpc) is 2.74. The molecule has 32 heavy (non-hydrogen) atoms. The van der Waals surface area contributed by atoms with Crippen LogP contribution >= 0.6 is 11.8 Å². The van der Waals surface area contributed by atoms with Crippen LogP contribution in [0.3, 0.4) is 0 Å². The van der Waals surface area contributed by atoms with Crippen molar-refractivity contribution in [3.8, 4) is 5.75 Å². The van der Waals surface area contributed by atoms with Crippen LogP contribution in [0.4, 0.5) is 10.5 Å². The van der Waals surface area contributed by atoms with E-state index in [9.17, 15) is 19.7 Å². The minimum atomic E-state index is -1.03. The van der Waals surface area contributed by atoms with E-state index < -0.39 is 28.6 Å². The van der Waals surface area contributed by atoms with Gasteiger partial charge in [0.1, 0.15) is 24.0 Å². The van der Waals surface area contributed by atoms with E-state index >= 15 is 0 Å². The number of nitro benzene ring substituents is 1. The Hall–Kier alpha value is -3.27. The summed E-state index contributed by atoms with van der Waals surface area (Å²) >= 11 is 1.12. The zero-order chi connectivity index (χ0) is 23.7. The SMILES string of the molecule is COC(=O)[C@H](CSc1cc([N+](=O)[O-])ccc1OCc1ccccc1)NC(=O)OC(C)(C)C. The van der Waals surface area contributed by atoms with E-state index in [1.54, 1.807) is 20.8 Å². The maximum atomic E-state index is 12.2. The first-order valence-corrected chi connectivity index (χ1v) is 10.7. The highest BCUT2D eigenvalue weighted by Crippen LogP contribution is 2.34. The lowest BCUT2D eigenvalue weighted by Crippen LogP contribution is -2.45. The second-order valence-corrected chi connectivity index (χ2v) is 8.76. The molecular weight excluding hydrogens is 436 g/mol. The molecule has 1 N–H and O–H groups in total. The second kappa shape index (κ2) is 11.4. The fraction of sp³-hybridized carbons (Fsp3) is 0.364. The molecule has 0 bridgehead atoms. The lowest BCUT2D eigenvalue weighted by molar-refractivity contribution is -0.385. The minimum Gasteiger partial charge on any atom is -0.488 e. The van der Waals surface area contributed by atoms with Gasteiger partial charge >= 0.3 is 12.1 Å². The van der Waals surface area contributed by atoms with Crippen molar-refractivity contribution in [3.63, 3.8) is 0 Å². The third-order valence-corrected chi connectivity index (χ3v) is 5.09. The van der Waals surface area contributed by atoms with E-state index in [4.69, 9.17) is 14.2 Å². The Labute approximate surface area is 190 Å². The molecule has 0 radical (unpaired) electrons. The molecule has 0 fully saturated rings. The summed E-state index contributed by atoms with van der Waals surface area (Å²) in [7, 11) is 1.21. The number of hydrogen-bond donors (Lipinski definition) is 1. The lowest BCUT2D eigenvalue weighted by Gasteiger charge is -2.22. The third kappa shape index (κ3) is 8.10. The number of amides is 1. The Morgan fingerprint density at radius 1 is 1.16 bits per heavy atom. The number of ether oxygens (including phenoxy) is 3. The number of nitro groups is 1. The fourth-order valence-corrected chi connectivity index (χ4v) is 3.55. The van der Waals surface area contributed by atoms with Gasteiger partial charge in [0.25, 0.3) is 5.69 Å². The predicted molar refractivity (Wildman–Crippen MR) is 120 cm³/mol. The molecule has 10 heteroatoms. The average molecular weight is 463 g/mol. The fourth-order valence-electron chi connectivity index (χ4n) is 2.51. The van der Waals surface area contributed by atoms with Crippen LogP contribution in [-0.4, -0.2) is 41.5 Å². The number of esters is 1. The Kier molecular flexibility index (Phi) is 8.89. The topological polar surface area (TPSA) is 117 Å². The van der Waals surface area contributed by atoms with E-state index in [0.717, 1.165) is 17.3 Å². The summed E-state index contributed by atoms with van der Waals surface area (Å²) < 4.78 is 15.8. The Balaban J connectivity index is 2.17. The quantitative estimate of drug-likeness (QED) is 0.253. The summed E-state index contributed by atoms with van der Waals surface area (Å²) in [6, 6.07) is 12.7. The van der Waals surface area contributed by atoms with Gasteiger partial charge in [-0.15, -0.1) is 11.8 Å². The van der Waals surface area contributed by atoms with Crippen molar-refractivity contribution in [2.45, 2.75) is 43.9 Å².